The molecule has 2 heterocycles. The number of likely N-dealkylation sites (tertiary alicyclic amines) is 1. The monoisotopic (exact) mass is 519 g/mol. The number of ether oxygens (including phenoxy) is 2. The van der Waals surface area contributed by atoms with Crippen molar-refractivity contribution in [2.75, 3.05) is 19.8 Å². The van der Waals surface area contributed by atoms with Gasteiger partial charge in [0.2, 0.25) is 0 Å². The van der Waals surface area contributed by atoms with Crippen LogP contribution in [-0.4, -0.2) is 41.5 Å². The summed E-state index contributed by atoms with van der Waals surface area (Å²) in [7, 11) is 0. The van der Waals surface area contributed by atoms with Gasteiger partial charge in [0.1, 0.15) is 19.0 Å². The van der Waals surface area contributed by atoms with Crippen LogP contribution in [0.3, 0.4) is 0 Å². The number of amides is 1. The van der Waals surface area contributed by atoms with Crippen LogP contribution in [0.15, 0.2) is 82.8 Å². The molecule has 1 unspecified atom stereocenters. The smallest absolute Gasteiger partial charge is 0.295 e. The Morgan fingerprint density at radius 3 is 2.38 bits per heavy atom. The summed E-state index contributed by atoms with van der Waals surface area (Å²) in [6.45, 7) is 1.20. The van der Waals surface area contributed by atoms with Gasteiger partial charge >= 0.3 is 0 Å². The van der Waals surface area contributed by atoms with Gasteiger partial charge in [-0.25, -0.2) is 0 Å². The van der Waals surface area contributed by atoms with Crippen molar-refractivity contribution in [1.29, 1.82) is 0 Å². The van der Waals surface area contributed by atoms with E-state index in [9.17, 15) is 14.7 Å². The molecule has 1 atom stereocenters. The Labute approximate surface area is 205 Å². The fourth-order valence-corrected chi connectivity index (χ4v) is 4.61. The Morgan fingerprint density at radius 1 is 0.941 bits per heavy atom. The number of ketones is 1. The summed E-state index contributed by atoms with van der Waals surface area (Å²) in [6.07, 6.45) is 0.588. The summed E-state index contributed by atoms with van der Waals surface area (Å²) in [5, 5.41) is 11.3. The number of carbonyl (C=O) groups excluding carboxylic acids is 2. The van der Waals surface area contributed by atoms with E-state index in [-0.39, 0.29) is 11.3 Å². The maximum atomic E-state index is 13.2. The highest BCUT2D eigenvalue weighted by Crippen LogP contribution is 2.41. The summed E-state index contributed by atoms with van der Waals surface area (Å²) in [5.41, 5.74) is 2.27. The summed E-state index contributed by atoms with van der Waals surface area (Å²) >= 11 is 3.44. The molecule has 172 valence electrons. The summed E-state index contributed by atoms with van der Waals surface area (Å²) in [5.74, 6) is -0.480. The lowest BCUT2D eigenvalue weighted by atomic mass is 9.95. The number of aliphatic hydroxyl groups excluding tert-OH is 1. The van der Waals surface area contributed by atoms with E-state index in [4.69, 9.17) is 9.47 Å². The third-order valence-electron chi connectivity index (χ3n) is 6.03. The van der Waals surface area contributed by atoms with Gasteiger partial charge in [-0.2, -0.15) is 0 Å². The molecule has 1 saturated heterocycles. The quantitative estimate of drug-likeness (QED) is 0.295. The minimum Gasteiger partial charge on any atom is -0.507 e. The molecule has 1 fully saturated rings. The molecule has 0 spiro atoms. The van der Waals surface area contributed by atoms with E-state index in [1.165, 1.54) is 0 Å². The predicted octanol–water partition coefficient (Wildman–Crippen LogP) is 4.88. The summed E-state index contributed by atoms with van der Waals surface area (Å²) in [6, 6.07) is 21.5. The van der Waals surface area contributed by atoms with E-state index < -0.39 is 17.7 Å². The fraction of sp³-hybridized carbons (Fsp3) is 0.185. The molecule has 3 aromatic rings. The number of hydrogen-bond acceptors (Lipinski definition) is 5. The number of hydrogen-bond donors (Lipinski definition) is 1. The topological polar surface area (TPSA) is 76.1 Å². The van der Waals surface area contributed by atoms with E-state index in [1.54, 1.807) is 23.1 Å². The van der Waals surface area contributed by atoms with E-state index >= 15 is 0 Å². The first-order valence-electron chi connectivity index (χ1n) is 11.0. The number of halogens is 1. The number of benzene rings is 3. The first-order chi connectivity index (χ1) is 16.5. The van der Waals surface area contributed by atoms with Crippen molar-refractivity contribution in [1.82, 2.24) is 4.90 Å². The van der Waals surface area contributed by atoms with Gasteiger partial charge in [0.05, 0.1) is 11.6 Å². The van der Waals surface area contributed by atoms with Crippen LogP contribution in [0.2, 0.25) is 0 Å². The lowest BCUT2D eigenvalue weighted by molar-refractivity contribution is -0.139. The minimum absolute atomic E-state index is 0.0667. The molecular formula is C27H22BrNO5. The van der Waals surface area contributed by atoms with Crippen LogP contribution in [0.4, 0.5) is 0 Å². The molecule has 6 nitrogen and oxygen atoms in total. The van der Waals surface area contributed by atoms with Crippen LogP contribution in [-0.2, 0) is 16.0 Å². The van der Waals surface area contributed by atoms with Crippen LogP contribution in [0.1, 0.15) is 22.7 Å². The predicted molar refractivity (Wildman–Crippen MR) is 131 cm³/mol. The van der Waals surface area contributed by atoms with Gasteiger partial charge in [-0.05, 0) is 47.9 Å². The molecule has 0 radical (unpaired) electrons. The van der Waals surface area contributed by atoms with Gasteiger partial charge in [-0.15, -0.1) is 0 Å². The summed E-state index contributed by atoms with van der Waals surface area (Å²) < 4.78 is 12.1. The maximum Gasteiger partial charge on any atom is 0.295 e. The van der Waals surface area contributed by atoms with Gasteiger partial charge < -0.3 is 19.5 Å². The van der Waals surface area contributed by atoms with Crippen molar-refractivity contribution in [3.05, 3.63) is 99.5 Å². The van der Waals surface area contributed by atoms with Crippen LogP contribution in [0, 0.1) is 0 Å². The number of fused-ring (bicyclic) bond motifs is 1. The van der Waals surface area contributed by atoms with Crippen LogP contribution in [0.25, 0.3) is 5.76 Å². The minimum atomic E-state index is -0.704. The van der Waals surface area contributed by atoms with E-state index in [1.807, 2.05) is 54.6 Å². The Hall–Kier alpha value is -3.58. The zero-order valence-electron chi connectivity index (χ0n) is 18.2. The van der Waals surface area contributed by atoms with Crippen molar-refractivity contribution in [3.8, 4) is 11.5 Å². The maximum absolute atomic E-state index is 13.2. The van der Waals surface area contributed by atoms with Crippen molar-refractivity contribution >= 4 is 33.4 Å². The Morgan fingerprint density at radius 2 is 1.65 bits per heavy atom. The molecule has 1 N–H and O–H groups in total. The Kier molecular flexibility index (Phi) is 6.11. The average molecular weight is 520 g/mol. The zero-order valence-corrected chi connectivity index (χ0v) is 19.8. The van der Waals surface area contributed by atoms with Gasteiger partial charge in [0.15, 0.2) is 11.5 Å². The first-order valence-corrected chi connectivity index (χ1v) is 11.8. The SMILES string of the molecule is O=C1C(=O)N(CCc2ccccc2)C(c2ccc(Br)cc2)/C1=C(/O)c1ccc2c(c1)OCCO2. The molecule has 2 aliphatic heterocycles. The van der Waals surface area contributed by atoms with E-state index in [0.717, 1.165) is 15.6 Å². The lowest BCUT2D eigenvalue weighted by Gasteiger charge is -2.25. The number of rotatable bonds is 5. The van der Waals surface area contributed by atoms with Gasteiger partial charge in [-0.3, -0.25) is 9.59 Å². The highest BCUT2D eigenvalue weighted by atomic mass is 79.9. The molecular weight excluding hydrogens is 498 g/mol. The highest BCUT2D eigenvalue weighted by Gasteiger charge is 2.45. The second kappa shape index (κ2) is 9.35. The van der Waals surface area contributed by atoms with Gasteiger partial charge in [-0.1, -0.05) is 58.4 Å². The molecule has 0 aliphatic carbocycles. The molecule has 0 aromatic heterocycles. The van der Waals surface area contributed by atoms with Gasteiger partial charge in [0.25, 0.3) is 11.7 Å². The molecule has 1 amide bonds. The third kappa shape index (κ3) is 4.19. The molecule has 3 aromatic carbocycles. The first kappa shape index (κ1) is 22.2. The highest BCUT2D eigenvalue weighted by molar-refractivity contribution is 9.10. The third-order valence-corrected chi connectivity index (χ3v) is 6.55. The molecule has 0 bridgehead atoms. The molecule has 0 saturated carbocycles. The van der Waals surface area contributed by atoms with Crippen molar-refractivity contribution in [2.24, 2.45) is 0 Å². The zero-order chi connectivity index (χ0) is 23.7. The standard InChI is InChI=1S/C27H22BrNO5/c28-20-9-6-18(7-10-20)24-23(25(30)19-8-11-21-22(16-19)34-15-14-33-21)26(31)27(32)29(24)13-12-17-4-2-1-3-5-17/h1-11,16,24,30H,12-15H2/b25-23-. The number of nitrogens with zero attached hydrogens (tertiary/aromatic N) is 1. The van der Waals surface area contributed by atoms with E-state index in [2.05, 4.69) is 15.9 Å². The van der Waals surface area contributed by atoms with Gasteiger partial charge in [0, 0.05) is 16.6 Å². The molecule has 34 heavy (non-hydrogen) atoms. The largest absolute Gasteiger partial charge is 0.507 e. The molecule has 5 rings (SSSR count). The van der Waals surface area contributed by atoms with Crippen LogP contribution in [0.5, 0.6) is 11.5 Å². The number of aliphatic hydroxyl groups is 1. The second-order valence-corrected chi connectivity index (χ2v) is 9.05. The fourth-order valence-electron chi connectivity index (χ4n) is 4.34. The number of Topliss-reactive ketones (excluding diaryl/α,β-unsaturated/α-hetero) is 1. The van der Waals surface area contributed by atoms with Crippen molar-refractivity contribution in [3.63, 3.8) is 0 Å². The Balaban J connectivity index is 1.57. The van der Waals surface area contributed by atoms with Crippen molar-refractivity contribution in [2.45, 2.75) is 12.5 Å². The number of carbonyl (C=O) groups is 2. The second-order valence-electron chi connectivity index (χ2n) is 8.14. The lowest BCUT2D eigenvalue weighted by Crippen LogP contribution is -2.31. The Bertz CT molecular complexity index is 1270. The normalized spacial score (nSPS) is 18.9. The van der Waals surface area contributed by atoms with Crippen LogP contribution >= 0.6 is 15.9 Å². The molecule has 2 aliphatic rings. The average Bonchev–Trinajstić information content (AvgIpc) is 3.12. The van der Waals surface area contributed by atoms with Crippen LogP contribution < -0.4 is 9.47 Å². The van der Waals surface area contributed by atoms with E-state index in [0.29, 0.717) is 43.2 Å². The summed E-state index contributed by atoms with van der Waals surface area (Å²) in [4.78, 5) is 27.9. The molecule has 7 heteroatoms. The van der Waals surface area contributed by atoms with Crippen molar-refractivity contribution < 1.29 is 24.2 Å².